The van der Waals surface area contributed by atoms with Crippen molar-refractivity contribution in [3.05, 3.63) is 139 Å². The molecule has 0 fully saturated rings. The number of carbonyl (C=O) groups is 1. The molecule has 5 aromatic rings. The van der Waals surface area contributed by atoms with E-state index < -0.39 is 11.7 Å². The van der Waals surface area contributed by atoms with Crippen LogP contribution in [0.5, 0.6) is 0 Å². The van der Waals surface area contributed by atoms with E-state index in [1.807, 2.05) is 48.6 Å². The van der Waals surface area contributed by atoms with Crippen LogP contribution in [0.25, 0.3) is 29.0 Å². The molecule has 46 heavy (non-hydrogen) atoms. The van der Waals surface area contributed by atoms with Gasteiger partial charge in [-0.15, -0.1) is 4.91 Å². The molecule has 1 unspecified atom stereocenters. The summed E-state index contributed by atoms with van der Waals surface area (Å²) in [5.41, 5.74) is 4.25. The van der Waals surface area contributed by atoms with Crippen LogP contribution in [0, 0.1) is 10.7 Å². The summed E-state index contributed by atoms with van der Waals surface area (Å²) in [6.07, 6.45) is 5.59. The van der Waals surface area contributed by atoms with Gasteiger partial charge in [0.2, 0.25) is 0 Å². The van der Waals surface area contributed by atoms with Crippen molar-refractivity contribution < 1.29 is 18.4 Å². The van der Waals surface area contributed by atoms with E-state index in [0.29, 0.717) is 65.8 Å². The van der Waals surface area contributed by atoms with E-state index in [2.05, 4.69) is 34.6 Å². The molecule has 6 rings (SSSR count). The highest BCUT2D eigenvalue weighted by atomic mass is 19.1. The lowest BCUT2D eigenvalue weighted by molar-refractivity contribution is -0.118. The number of aromatic nitrogens is 3. The number of benzene rings is 3. The van der Waals surface area contributed by atoms with Gasteiger partial charge in [0.1, 0.15) is 18.2 Å². The molecule has 2 heterocycles. The van der Waals surface area contributed by atoms with Gasteiger partial charge in [-0.3, -0.25) is 14.2 Å². The third-order valence-electron chi connectivity index (χ3n) is 7.88. The van der Waals surface area contributed by atoms with Gasteiger partial charge in [0.15, 0.2) is 5.76 Å². The van der Waals surface area contributed by atoms with Gasteiger partial charge < -0.3 is 9.26 Å². The Morgan fingerprint density at radius 2 is 1.78 bits per heavy atom. The van der Waals surface area contributed by atoms with Crippen molar-refractivity contribution in [1.82, 2.24) is 14.7 Å². The SMILES string of the molecule is O=NC(=O)CCCCc1nc2c(c(=O)n1-c1ccc(F)cc1)=CCC(c1cc(COCc3cccc(-c4ccccc4)c3)on1)C=2. The fourth-order valence-corrected chi connectivity index (χ4v) is 5.57. The van der Waals surface area contributed by atoms with Crippen molar-refractivity contribution in [2.45, 2.75) is 51.2 Å². The summed E-state index contributed by atoms with van der Waals surface area (Å²) < 4.78 is 26.7. The second kappa shape index (κ2) is 14.2. The smallest absolute Gasteiger partial charge is 0.286 e. The first-order valence-electron chi connectivity index (χ1n) is 15.1. The van der Waals surface area contributed by atoms with Gasteiger partial charge in [-0.2, -0.15) is 0 Å². The maximum Gasteiger partial charge on any atom is 0.286 e. The van der Waals surface area contributed by atoms with Crippen LogP contribution in [0.2, 0.25) is 0 Å². The van der Waals surface area contributed by atoms with E-state index in [9.17, 15) is 18.9 Å². The minimum atomic E-state index is -0.713. The molecule has 232 valence electrons. The van der Waals surface area contributed by atoms with E-state index in [0.717, 1.165) is 16.7 Å². The van der Waals surface area contributed by atoms with Gasteiger partial charge in [0.25, 0.3) is 11.5 Å². The Kier molecular flexibility index (Phi) is 9.45. The number of fused-ring (bicyclic) bond motifs is 1. The maximum atomic E-state index is 13.7. The summed E-state index contributed by atoms with van der Waals surface area (Å²) in [6.45, 7) is 0.669. The summed E-state index contributed by atoms with van der Waals surface area (Å²) in [6, 6.07) is 25.9. The molecule has 1 amide bonds. The van der Waals surface area contributed by atoms with Crippen LogP contribution in [0.15, 0.2) is 99.4 Å². The predicted molar refractivity (Wildman–Crippen MR) is 171 cm³/mol. The Hall–Kier alpha value is -5.35. The number of nitroso groups, excluding NO2 is 1. The summed E-state index contributed by atoms with van der Waals surface area (Å²) in [4.78, 5) is 40.3. The van der Waals surface area contributed by atoms with Crippen LogP contribution < -0.4 is 16.1 Å². The minimum absolute atomic E-state index is 0.0233. The van der Waals surface area contributed by atoms with E-state index in [1.165, 1.54) is 28.8 Å². The lowest BCUT2D eigenvalue weighted by atomic mass is 9.96. The van der Waals surface area contributed by atoms with Crippen molar-refractivity contribution in [1.29, 1.82) is 0 Å². The van der Waals surface area contributed by atoms with Crippen LogP contribution in [-0.4, -0.2) is 20.6 Å². The Morgan fingerprint density at radius 1 is 0.978 bits per heavy atom. The summed E-state index contributed by atoms with van der Waals surface area (Å²) in [5, 5.41) is 7.69. The van der Waals surface area contributed by atoms with Gasteiger partial charge in [-0.05, 0) is 72.4 Å². The fourth-order valence-electron chi connectivity index (χ4n) is 5.57. The normalized spacial score (nSPS) is 13.8. The van der Waals surface area contributed by atoms with Crippen LogP contribution in [0.4, 0.5) is 4.39 Å². The third kappa shape index (κ3) is 7.13. The number of ether oxygens (including phenoxy) is 1. The molecule has 10 heteroatoms. The minimum Gasteiger partial charge on any atom is -0.369 e. The fraction of sp³-hybridized carbons (Fsp3) is 0.222. The molecular weight excluding hydrogens is 587 g/mol. The second-order valence-electron chi connectivity index (χ2n) is 11.1. The number of aryl methyl sites for hydroxylation is 1. The highest BCUT2D eigenvalue weighted by Crippen LogP contribution is 2.24. The average molecular weight is 619 g/mol. The number of nitrogens with zero attached hydrogens (tertiary/aromatic N) is 4. The Bertz CT molecular complexity index is 2040. The van der Waals surface area contributed by atoms with Crippen molar-refractivity contribution in [2.24, 2.45) is 5.18 Å². The summed E-state index contributed by atoms with van der Waals surface area (Å²) >= 11 is 0. The lowest BCUT2D eigenvalue weighted by Gasteiger charge is -2.16. The highest BCUT2D eigenvalue weighted by molar-refractivity contribution is 5.76. The average Bonchev–Trinajstić information content (AvgIpc) is 3.56. The van der Waals surface area contributed by atoms with Crippen molar-refractivity contribution in [2.75, 3.05) is 0 Å². The first-order chi connectivity index (χ1) is 22.5. The van der Waals surface area contributed by atoms with E-state index >= 15 is 0 Å². The van der Waals surface area contributed by atoms with Crippen LogP contribution in [0.1, 0.15) is 54.4 Å². The number of amides is 1. The largest absolute Gasteiger partial charge is 0.369 e. The monoisotopic (exact) mass is 618 g/mol. The first-order valence-corrected chi connectivity index (χ1v) is 15.1. The van der Waals surface area contributed by atoms with E-state index in [-0.39, 0.29) is 24.5 Å². The van der Waals surface area contributed by atoms with Crippen molar-refractivity contribution >= 4 is 18.1 Å². The molecular formula is C36H31FN4O5. The van der Waals surface area contributed by atoms with Gasteiger partial charge >= 0.3 is 0 Å². The van der Waals surface area contributed by atoms with E-state index in [1.54, 1.807) is 0 Å². The number of halogens is 1. The molecule has 2 aromatic heterocycles. The molecule has 0 saturated heterocycles. The van der Waals surface area contributed by atoms with Gasteiger partial charge in [0, 0.05) is 30.0 Å². The predicted octanol–water partition coefficient (Wildman–Crippen LogP) is 5.50. The molecule has 0 bridgehead atoms. The van der Waals surface area contributed by atoms with Crippen LogP contribution >= 0.6 is 0 Å². The second-order valence-corrected chi connectivity index (χ2v) is 11.1. The zero-order chi connectivity index (χ0) is 31.9. The van der Waals surface area contributed by atoms with Gasteiger partial charge in [-0.1, -0.05) is 59.8 Å². The Morgan fingerprint density at radius 3 is 2.59 bits per heavy atom. The molecule has 0 saturated carbocycles. The molecule has 0 N–H and O–H groups in total. The molecule has 1 atom stereocenters. The van der Waals surface area contributed by atoms with Crippen molar-refractivity contribution in [3.8, 4) is 16.8 Å². The zero-order valence-corrected chi connectivity index (χ0v) is 25.0. The third-order valence-corrected chi connectivity index (χ3v) is 7.88. The maximum absolute atomic E-state index is 13.7. The highest BCUT2D eigenvalue weighted by Gasteiger charge is 2.20. The van der Waals surface area contributed by atoms with Crippen LogP contribution in [-0.2, 0) is 29.2 Å². The topological polar surface area (TPSA) is 117 Å². The summed E-state index contributed by atoms with van der Waals surface area (Å²) in [7, 11) is 0. The van der Waals surface area contributed by atoms with Gasteiger partial charge in [-0.25, -0.2) is 9.37 Å². The number of hydrogen-bond acceptors (Lipinski definition) is 7. The van der Waals surface area contributed by atoms with Crippen molar-refractivity contribution in [3.63, 3.8) is 0 Å². The quantitative estimate of drug-likeness (QED) is 0.134. The van der Waals surface area contributed by atoms with E-state index in [4.69, 9.17) is 14.2 Å². The van der Waals surface area contributed by atoms with Gasteiger partial charge in [0.05, 0.1) is 28.6 Å². The Labute approximate surface area is 263 Å². The number of rotatable bonds is 12. The van der Waals surface area contributed by atoms with Crippen LogP contribution in [0.3, 0.4) is 0 Å². The standard InChI is InChI=1S/C36H31FN4O5/c37-28-14-16-29(17-15-28)41-34(11-4-5-12-35(42)39-44)38-33-20-27(13-18-31(33)36(41)43)32-21-30(46-40-32)23-45-22-24-7-6-10-26(19-24)25-8-2-1-3-9-25/h1-3,6-10,14-21,27H,4-5,11-13,22-23H2. The Balaban J connectivity index is 1.18. The number of hydrogen-bond donors (Lipinski definition) is 0. The lowest BCUT2D eigenvalue weighted by Crippen LogP contribution is -2.49. The molecule has 0 spiro atoms. The molecule has 0 aliphatic heterocycles. The molecule has 1 aliphatic carbocycles. The molecule has 0 radical (unpaired) electrons. The number of unbranched alkanes of at least 4 members (excludes halogenated alkanes) is 1. The molecule has 9 nitrogen and oxygen atoms in total. The summed E-state index contributed by atoms with van der Waals surface area (Å²) in [5.74, 6) is -0.229. The molecule has 3 aromatic carbocycles. The zero-order valence-electron chi connectivity index (χ0n) is 25.0. The first kappa shape index (κ1) is 30.7. The molecule has 1 aliphatic rings. The number of carbonyl (C=O) groups excluding carboxylic acids is 1.